The van der Waals surface area contributed by atoms with Crippen LogP contribution in [-0.4, -0.2) is 37.1 Å². The molecular weight excluding hydrogens is 332 g/mol. The van der Waals surface area contributed by atoms with E-state index in [-0.39, 0.29) is 5.91 Å². The summed E-state index contributed by atoms with van der Waals surface area (Å²) in [7, 11) is 0. The highest BCUT2D eigenvalue weighted by atomic mass is 32.1. The minimum atomic E-state index is 0.133. The van der Waals surface area contributed by atoms with Crippen molar-refractivity contribution in [3.05, 3.63) is 57.8 Å². The summed E-state index contributed by atoms with van der Waals surface area (Å²) in [6.07, 6.45) is 2.49. The van der Waals surface area contributed by atoms with Gasteiger partial charge in [0.1, 0.15) is 0 Å². The number of amides is 1. The molecule has 1 aliphatic heterocycles. The van der Waals surface area contributed by atoms with E-state index < -0.39 is 0 Å². The third kappa shape index (κ3) is 6.27. The molecule has 3 rings (SSSR count). The summed E-state index contributed by atoms with van der Waals surface area (Å²) in [5.41, 5.74) is 2.46. The van der Waals surface area contributed by atoms with Crippen molar-refractivity contribution in [3.8, 4) is 0 Å². The lowest BCUT2D eigenvalue weighted by molar-refractivity contribution is -0.121. The van der Waals surface area contributed by atoms with Crippen LogP contribution in [0.2, 0.25) is 0 Å². The zero-order valence-electron chi connectivity index (χ0n) is 14.6. The van der Waals surface area contributed by atoms with Crippen molar-refractivity contribution in [2.75, 3.05) is 26.3 Å². The predicted molar refractivity (Wildman–Crippen MR) is 102 cm³/mol. The monoisotopic (exact) mass is 358 g/mol. The third-order valence-electron chi connectivity index (χ3n) is 4.43. The van der Waals surface area contributed by atoms with E-state index in [1.807, 2.05) is 0 Å². The van der Waals surface area contributed by atoms with Crippen LogP contribution in [0.1, 0.15) is 28.8 Å². The van der Waals surface area contributed by atoms with E-state index in [1.165, 1.54) is 10.4 Å². The molecule has 0 aliphatic carbocycles. The summed E-state index contributed by atoms with van der Waals surface area (Å²) in [6.45, 7) is 5.24. The number of morpholine rings is 1. The fourth-order valence-electron chi connectivity index (χ4n) is 2.95. The number of carbonyl (C=O) groups is 1. The van der Waals surface area contributed by atoms with Crippen LogP contribution >= 0.6 is 11.3 Å². The van der Waals surface area contributed by atoms with Gasteiger partial charge in [-0.05, 0) is 35.4 Å². The second-order valence-electron chi connectivity index (χ2n) is 6.41. The van der Waals surface area contributed by atoms with Gasteiger partial charge < -0.3 is 10.1 Å². The largest absolute Gasteiger partial charge is 0.379 e. The number of hydrogen-bond donors (Lipinski definition) is 1. The first-order chi connectivity index (χ1) is 12.3. The fourth-order valence-corrected chi connectivity index (χ4v) is 3.70. The highest BCUT2D eigenvalue weighted by molar-refractivity contribution is 7.09. The number of benzene rings is 1. The van der Waals surface area contributed by atoms with E-state index in [0.717, 1.165) is 51.3 Å². The summed E-state index contributed by atoms with van der Waals surface area (Å²) in [4.78, 5) is 15.7. The van der Waals surface area contributed by atoms with E-state index in [1.54, 1.807) is 11.3 Å². The Hall–Kier alpha value is -1.69. The fraction of sp³-hybridized carbons (Fsp3) is 0.450. The highest BCUT2D eigenvalue weighted by Gasteiger charge is 2.10. The average Bonchev–Trinajstić information content (AvgIpc) is 3.15. The summed E-state index contributed by atoms with van der Waals surface area (Å²) >= 11 is 1.76. The lowest BCUT2D eigenvalue weighted by Crippen LogP contribution is -2.35. The molecule has 1 N–H and O–H groups in total. The molecule has 0 bridgehead atoms. The standard InChI is InChI=1S/C20H26N2O2S/c23-20(5-1-3-19-4-2-14-25-19)21-15-17-6-8-18(9-7-17)16-22-10-12-24-13-11-22/h2,4,6-9,14H,1,3,5,10-13,15-16H2,(H,21,23). The average molecular weight is 359 g/mol. The number of aryl methyl sites for hydroxylation is 1. The van der Waals surface area contributed by atoms with Crippen molar-refractivity contribution in [3.63, 3.8) is 0 Å². The second kappa shape index (κ2) is 9.70. The number of carbonyl (C=O) groups excluding carboxylic acids is 1. The van der Waals surface area contributed by atoms with Crippen LogP contribution in [0.4, 0.5) is 0 Å². The molecular formula is C20H26N2O2S. The lowest BCUT2D eigenvalue weighted by Gasteiger charge is -2.26. The number of nitrogens with zero attached hydrogens (tertiary/aromatic N) is 1. The lowest BCUT2D eigenvalue weighted by atomic mass is 10.1. The Kier molecular flexibility index (Phi) is 7.03. The molecule has 25 heavy (non-hydrogen) atoms. The van der Waals surface area contributed by atoms with Gasteiger partial charge in [0.05, 0.1) is 13.2 Å². The molecule has 1 aromatic heterocycles. The molecule has 0 atom stereocenters. The molecule has 134 valence electrons. The summed E-state index contributed by atoms with van der Waals surface area (Å²) in [5.74, 6) is 0.133. The number of rotatable bonds is 8. The van der Waals surface area contributed by atoms with Gasteiger partial charge in [0, 0.05) is 37.5 Å². The molecule has 0 radical (unpaired) electrons. The Morgan fingerprint density at radius 1 is 1.12 bits per heavy atom. The van der Waals surface area contributed by atoms with E-state index >= 15 is 0 Å². The number of ether oxygens (including phenoxy) is 1. The maximum Gasteiger partial charge on any atom is 0.220 e. The molecule has 2 aromatic rings. The van der Waals surface area contributed by atoms with Crippen LogP contribution in [0.25, 0.3) is 0 Å². The maximum atomic E-state index is 11.9. The second-order valence-corrected chi connectivity index (χ2v) is 7.45. The van der Waals surface area contributed by atoms with Crippen LogP contribution in [0, 0.1) is 0 Å². The third-order valence-corrected chi connectivity index (χ3v) is 5.37. The molecule has 1 aromatic carbocycles. The van der Waals surface area contributed by atoms with Crippen molar-refractivity contribution >= 4 is 17.2 Å². The summed E-state index contributed by atoms with van der Waals surface area (Å²) in [5, 5.41) is 5.10. The first-order valence-electron chi connectivity index (χ1n) is 8.96. The molecule has 0 saturated carbocycles. The zero-order valence-corrected chi connectivity index (χ0v) is 15.4. The normalized spacial score (nSPS) is 15.2. The maximum absolute atomic E-state index is 11.9. The van der Waals surface area contributed by atoms with Crippen LogP contribution < -0.4 is 5.32 Å². The Morgan fingerprint density at radius 2 is 1.88 bits per heavy atom. The van der Waals surface area contributed by atoms with Crippen molar-refractivity contribution < 1.29 is 9.53 Å². The van der Waals surface area contributed by atoms with Gasteiger partial charge in [-0.1, -0.05) is 30.3 Å². The Morgan fingerprint density at radius 3 is 2.60 bits per heavy atom. The van der Waals surface area contributed by atoms with Gasteiger partial charge in [0.2, 0.25) is 5.91 Å². The van der Waals surface area contributed by atoms with E-state index in [9.17, 15) is 4.79 Å². The van der Waals surface area contributed by atoms with Crippen molar-refractivity contribution in [1.29, 1.82) is 0 Å². The molecule has 2 heterocycles. The summed E-state index contributed by atoms with van der Waals surface area (Å²) < 4.78 is 5.38. The Balaban J connectivity index is 1.35. The molecule has 1 amide bonds. The first kappa shape index (κ1) is 18.1. The molecule has 5 heteroatoms. The topological polar surface area (TPSA) is 41.6 Å². The van der Waals surface area contributed by atoms with Crippen LogP contribution in [0.5, 0.6) is 0 Å². The zero-order chi connectivity index (χ0) is 17.3. The van der Waals surface area contributed by atoms with E-state index in [4.69, 9.17) is 4.74 Å². The molecule has 1 aliphatic rings. The number of thiophene rings is 1. The predicted octanol–water partition coefficient (Wildman–Crippen LogP) is 3.22. The quantitative estimate of drug-likeness (QED) is 0.788. The van der Waals surface area contributed by atoms with Crippen molar-refractivity contribution in [2.45, 2.75) is 32.4 Å². The van der Waals surface area contributed by atoms with Crippen LogP contribution in [0.3, 0.4) is 0 Å². The van der Waals surface area contributed by atoms with Crippen molar-refractivity contribution in [2.24, 2.45) is 0 Å². The minimum Gasteiger partial charge on any atom is -0.379 e. The van der Waals surface area contributed by atoms with Gasteiger partial charge in [0.25, 0.3) is 0 Å². The van der Waals surface area contributed by atoms with Crippen LogP contribution in [0.15, 0.2) is 41.8 Å². The molecule has 4 nitrogen and oxygen atoms in total. The number of hydrogen-bond acceptors (Lipinski definition) is 4. The molecule has 1 fully saturated rings. The van der Waals surface area contributed by atoms with Gasteiger partial charge in [0.15, 0.2) is 0 Å². The van der Waals surface area contributed by atoms with Crippen LogP contribution in [-0.2, 0) is 29.0 Å². The first-order valence-corrected chi connectivity index (χ1v) is 9.84. The van der Waals surface area contributed by atoms with Crippen molar-refractivity contribution in [1.82, 2.24) is 10.2 Å². The smallest absolute Gasteiger partial charge is 0.220 e. The minimum absolute atomic E-state index is 0.133. The molecule has 0 spiro atoms. The van der Waals surface area contributed by atoms with E-state index in [2.05, 4.69) is 52.0 Å². The molecule has 1 saturated heterocycles. The van der Waals surface area contributed by atoms with E-state index in [0.29, 0.717) is 13.0 Å². The SMILES string of the molecule is O=C(CCCc1cccs1)NCc1ccc(CN2CCOCC2)cc1. The Labute approximate surface area is 153 Å². The number of nitrogens with one attached hydrogen (secondary N) is 1. The highest BCUT2D eigenvalue weighted by Crippen LogP contribution is 2.12. The molecule has 0 unspecified atom stereocenters. The van der Waals surface area contributed by atoms with Gasteiger partial charge in [-0.3, -0.25) is 9.69 Å². The van der Waals surface area contributed by atoms with Gasteiger partial charge in [-0.2, -0.15) is 0 Å². The van der Waals surface area contributed by atoms with Gasteiger partial charge >= 0.3 is 0 Å². The summed E-state index contributed by atoms with van der Waals surface area (Å²) in [6, 6.07) is 12.7. The van der Waals surface area contributed by atoms with Gasteiger partial charge in [-0.15, -0.1) is 11.3 Å². The Bertz CT molecular complexity index is 634. The van der Waals surface area contributed by atoms with Gasteiger partial charge in [-0.25, -0.2) is 0 Å².